The molecule has 1 rings (SSSR count). The lowest BCUT2D eigenvalue weighted by Crippen LogP contribution is -2.33. The second-order valence-corrected chi connectivity index (χ2v) is 7.68. The Kier molecular flexibility index (Phi) is 6.53. The van der Waals surface area contributed by atoms with Gasteiger partial charge in [0.15, 0.2) is 0 Å². The van der Waals surface area contributed by atoms with Crippen LogP contribution in [0, 0.1) is 18.3 Å². The summed E-state index contributed by atoms with van der Waals surface area (Å²) in [5, 5.41) is 8.80. The van der Waals surface area contributed by atoms with E-state index in [1.807, 2.05) is 13.0 Å². The standard InChI is InChI=1S/C14H20N2O2S2/c1-4-19-8-7-12(3)16-20(17,18)14-6-5-13(10-15)9-11(14)2/h5-6,9,12,16H,4,7-8H2,1-3H3. The Bertz CT molecular complexity index is 592. The first-order valence-electron chi connectivity index (χ1n) is 6.51. The van der Waals surface area contributed by atoms with Crippen molar-refractivity contribution in [3.8, 4) is 6.07 Å². The molecule has 0 saturated heterocycles. The van der Waals surface area contributed by atoms with Gasteiger partial charge in [-0.3, -0.25) is 0 Å². The Morgan fingerprint density at radius 3 is 2.70 bits per heavy atom. The predicted octanol–water partition coefficient (Wildman–Crippen LogP) is 2.68. The summed E-state index contributed by atoms with van der Waals surface area (Å²) >= 11 is 1.80. The Labute approximate surface area is 125 Å². The van der Waals surface area contributed by atoms with Crippen LogP contribution in [0.2, 0.25) is 0 Å². The first kappa shape index (κ1) is 17.0. The van der Waals surface area contributed by atoms with E-state index in [1.165, 1.54) is 12.1 Å². The summed E-state index contributed by atoms with van der Waals surface area (Å²) in [6, 6.07) is 6.51. The largest absolute Gasteiger partial charge is 0.241 e. The highest BCUT2D eigenvalue weighted by Gasteiger charge is 2.19. The molecule has 1 unspecified atom stereocenters. The van der Waals surface area contributed by atoms with Crippen LogP contribution in [-0.4, -0.2) is 26.0 Å². The Morgan fingerprint density at radius 2 is 2.15 bits per heavy atom. The van der Waals surface area contributed by atoms with Crippen molar-refractivity contribution in [2.75, 3.05) is 11.5 Å². The normalized spacial score (nSPS) is 12.9. The van der Waals surface area contributed by atoms with Crippen molar-refractivity contribution in [3.05, 3.63) is 29.3 Å². The van der Waals surface area contributed by atoms with Gasteiger partial charge in [0, 0.05) is 6.04 Å². The van der Waals surface area contributed by atoms with Gasteiger partial charge in [-0.1, -0.05) is 6.92 Å². The van der Waals surface area contributed by atoms with Crippen molar-refractivity contribution in [1.29, 1.82) is 5.26 Å². The molecule has 0 amide bonds. The van der Waals surface area contributed by atoms with Crippen molar-refractivity contribution < 1.29 is 8.42 Å². The number of hydrogen-bond donors (Lipinski definition) is 1. The molecule has 0 bridgehead atoms. The average Bonchev–Trinajstić information content (AvgIpc) is 2.37. The second-order valence-electron chi connectivity index (χ2n) is 4.60. The molecule has 0 spiro atoms. The van der Waals surface area contributed by atoms with Gasteiger partial charge in [0.05, 0.1) is 16.5 Å². The second kappa shape index (κ2) is 7.67. The van der Waals surface area contributed by atoms with E-state index in [0.717, 1.165) is 17.9 Å². The van der Waals surface area contributed by atoms with Gasteiger partial charge in [-0.25, -0.2) is 13.1 Å². The smallest absolute Gasteiger partial charge is 0.208 e. The molecule has 0 aliphatic heterocycles. The Balaban J connectivity index is 2.81. The van der Waals surface area contributed by atoms with E-state index in [-0.39, 0.29) is 10.9 Å². The fourth-order valence-corrected chi connectivity index (χ4v) is 4.13. The lowest BCUT2D eigenvalue weighted by molar-refractivity contribution is 0.556. The minimum Gasteiger partial charge on any atom is -0.208 e. The third-order valence-corrected chi connectivity index (χ3v) is 5.53. The molecule has 0 aliphatic carbocycles. The summed E-state index contributed by atoms with van der Waals surface area (Å²) in [6.07, 6.45) is 0.799. The van der Waals surface area contributed by atoms with E-state index in [1.54, 1.807) is 24.8 Å². The van der Waals surface area contributed by atoms with E-state index in [9.17, 15) is 8.42 Å². The zero-order valence-corrected chi connectivity index (χ0v) is 13.6. The number of nitriles is 1. The molecule has 6 heteroatoms. The number of hydrogen-bond acceptors (Lipinski definition) is 4. The first-order valence-corrected chi connectivity index (χ1v) is 9.15. The topological polar surface area (TPSA) is 70.0 Å². The molecule has 0 aliphatic rings. The maximum absolute atomic E-state index is 12.3. The molecule has 20 heavy (non-hydrogen) atoms. The lowest BCUT2D eigenvalue weighted by atomic mass is 10.2. The minimum absolute atomic E-state index is 0.103. The predicted molar refractivity (Wildman–Crippen MR) is 83.3 cm³/mol. The quantitative estimate of drug-likeness (QED) is 0.786. The van der Waals surface area contributed by atoms with Crippen LogP contribution in [0.15, 0.2) is 23.1 Å². The van der Waals surface area contributed by atoms with Crippen molar-refractivity contribution in [2.24, 2.45) is 0 Å². The van der Waals surface area contributed by atoms with Gasteiger partial charge in [-0.05, 0) is 55.5 Å². The number of rotatable bonds is 7. The number of nitrogens with zero attached hydrogens (tertiary/aromatic N) is 1. The van der Waals surface area contributed by atoms with E-state index in [4.69, 9.17) is 5.26 Å². The molecular weight excluding hydrogens is 292 g/mol. The van der Waals surface area contributed by atoms with E-state index >= 15 is 0 Å². The average molecular weight is 312 g/mol. The zero-order valence-electron chi connectivity index (χ0n) is 12.0. The highest BCUT2D eigenvalue weighted by molar-refractivity contribution is 7.99. The molecule has 1 aromatic carbocycles. The number of nitrogens with one attached hydrogen (secondary N) is 1. The summed E-state index contributed by atoms with van der Waals surface area (Å²) in [6.45, 7) is 5.65. The third kappa shape index (κ3) is 4.82. The van der Waals surface area contributed by atoms with Crippen molar-refractivity contribution in [2.45, 2.75) is 38.1 Å². The summed E-state index contributed by atoms with van der Waals surface area (Å²) in [4.78, 5) is 0.242. The van der Waals surface area contributed by atoms with Gasteiger partial charge < -0.3 is 0 Å². The molecule has 1 aromatic rings. The van der Waals surface area contributed by atoms with Crippen LogP contribution < -0.4 is 4.72 Å². The lowest BCUT2D eigenvalue weighted by Gasteiger charge is -2.15. The van der Waals surface area contributed by atoms with Crippen LogP contribution in [0.1, 0.15) is 31.4 Å². The van der Waals surface area contributed by atoms with Gasteiger partial charge in [-0.2, -0.15) is 17.0 Å². The van der Waals surface area contributed by atoms with Crippen LogP contribution in [0.3, 0.4) is 0 Å². The minimum atomic E-state index is -3.52. The number of sulfonamides is 1. The number of benzene rings is 1. The Morgan fingerprint density at radius 1 is 1.45 bits per heavy atom. The van der Waals surface area contributed by atoms with Crippen molar-refractivity contribution in [1.82, 2.24) is 4.72 Å². The van der Waals surface area contributed by atoms with Gasteiger partial charge in [0.25, 0.3) is 0 Å². The van der Waals surface area contributed by atoms with E-state index < -0.39 is 10.0 Å². The molecular formula is C14H20N2O2S2. The van der Waals surface area contributed by atoms with E-state index in [0.29, 0.717) is 11.1 Å². The monoisotopic (exact) mass is 312 g/mol. The number of thioether (sulfide) groups is 1. The molecule has 4 nitrogen and oxygen atoms in total. The van der Waals surface area contributed by atoms with Crippen LogP contribution in [-0.2, 0) is 10.0 Å². The molecule has 0 heterocycles. The maximum Gasteiger partial charge on any atom is 0.241 e. The van der Waals surface area contributed by atoms with Gasteiger partial charge in [0.2, 0.25) is 10.0 Å². The molecule has 0 aromatic heterocycles. The van der Waals surface area contributed by atoms with E-state index in [2.05, 4.69) is 11.6 Å². The van der Waals surface area contributed by atoms with Crippen molar-refractivity contribution in [3.63, 3.8) is 0 Å². The third-order valence-electron chi connectivity index (χ3n) is 2.85. The van der Waals surface area contributed by atoms with Gasteiger partial charge >= 0.3 is 0 Å². The molecule has 1 atom stereocenters. The van der Waals surface area contributed by atoms with Crippen LogP contribution >= 0.6 is 11.8 Å². The van der Waals surface area contributed by atoms with Crippen LogP contribution in [0.5, 0.6) is 0 Å². The summed E-state index contributed by atoms with van der Waals surface area (Å²) in [5.41, 5.74) is 1.06. The molecule has 1 N–H and O–H groups in total. The number of aryl methyl sites for hydroxylation is 1. The maximum atomic E-state index is 12.3. The molecule has 0 fully saturated rings. The summed E-state index contributed by atoms with van der Waals surface area (Å²) < 4.78 is 27.3. The first-order chi connectivity index (χ1) is 9.40. The van der Waals surface area contributed by atoms with Gasteiger partial charge in [-0.15, -0.1) is 0 Å². The van der Waals surface area contributed by atoms with Gasteiger partial charge in [0.1, 0.15) is 0 Å². The highest BCUT2D eigenvalue weighted by atomic mass is 32.2. The zero-order chi connectivity index (χ0) is 15.2. The van der Waals surface area contributed by atoms with Crippen LogP contribution in [0.4, 0.5) is 0 Å². The summed E-state index contributed by atoms with van der Waals surface area (Å²) in [5.74, 6) is 1.97. The molecule has 110 valence electrons. The highest BCUT2D eigenvalue weighted by Crippen LogP contribution is 2.17. The Hall–Kier alpha value is -1.03. The van der Waals surface area contributed by atoms with Crippen LogP contribution in [0.25, 0.3) is 0 Å². The van der Waals surface area contributed by atoms with Crippen molar-refractivity contribution >= 4 is 21.8 Å². The SMILES string of the molecule is CCSCCC(C)NS(=O)(=O)c1ccc(C#N)cc1C. The summed E-state index contributed by atoms with van der Waals surface area (Å²) in [7, 11) is -3.52. The molecule has 0 saturated carbocycles. The fraction of sp³-hybridized carbons (Fsp3) is 0.500. The fourth-order valence-electron chi connectivity index (χ4n) is 1.81. The molecule has 0 radical (unpaired) electrons.